The Bertz CT molecular complexity index is 582. The minimum atomic E-state index is -0.954. The van der Waals surface area contributed by atoms with Crippen LogP contribution in [0.5, 0.6) is 0 Å². The molecule has 0 saturated heterocycles. The van der Waals surface area contributed by atoms with Crippen molar-refractivity contribution < 1.29 is 24.9 Å². The molecular formula is C41H84N2O5. The summed E-state index contributed by atoms with van der Waals surface area (Å²) >= 11 is 0. The largest absolute Gasteiger partial charge is 0.394 e. The Hall–Kier alpha value is -1.18. The zero-order chi connectivity index (χ0) is 35.6. The summed E-state index contributed by atoms with van der Waals surface area (Å²) in [4.78, 5) is 24.1. The van der Waals surface area contributed by atoms with Gasteiger partial charge in [-0.1, -0.05) is 194 Å². The van der Waals surface area contributed by atoms with Crippen LogP contribution in [-0.2, 0) is 9.59 Å². The summed E-state index contributed by atoms with van der Waals surface area (Å²) < 4.78 is 0. The van der Waals surface area contributed by atoms with E-state index in [4.69, 9.17) is 15.3 Å². The number of aliphatic hydroxyl groups excluding tert-OH is 3. The van der Waals surface area contributed by atoms with E-state index in [1.54, 1.807) is 0 Å². The summed E-state index contributed by atoms with van der Waals surface area (Å²) in [5, 5.41) is 29.9. The molecule has 0 spiro atoms. The van der Waals surface area contributed by atoms with E-state index in [2.05, 4.69) is 24.5 Å². The summed E-state index contributed by atoms with van der Waals surface area (Å²) in [6.45, 7) is 4.92. The Kier molecular flexibility index (Phi) is 44.7. The van der Waals surface area contributed by atoms with E-state index in [9.17, 15) is 9.59 Å². The van der Waals surface area contributed by atoms with E-state index >= 15 is 0 Å². The van der Waals surface area contributed by atoms with Crippen LogP contribution in [0.1, 0.15) is 219 Å². The van der Waals surface area contributed by atoms with Crippen LogP contribution in [0.4, 0.5) is 0 Å². The second-order valence-corrected chi connectivity index (χ2v) is 14.1. The average Bonchev–Trinajstić information content (AvgIpc) is 3.10. The molecule has 0 atom stereocenters. The van der Waals surface area contributed by atoms with Crippen LogP contribution < -0.4 is 10.6 Å². The second kappa shape index (κ2) is 43.8. The molecule has 0 aliphatic carbocycles. The van der Waals surface area contributed by atoms with Crippen molar-refractivity contribution in [3.05, 3.63) is 0 Å². The normalized spacial score (nSPS) is 11.0. The van der Waals surface area contributed by atoms with E-state index in [0.717, 1.165) is 25.7 Å². The van der Waals surface area contributed by atoms with Gasteiger partial charge in [0.2, 0.25) is 11.8 Å². The Morgan fingerprint density at radius 2 is 0.604 bits per heavy atom. The third-order valence-corrected chi connectivity index (χ3v) is 9.21. The molecule has 0 rings (SSSR count). The first kappa shape index (κ1) is 48.9. The van der Waals surface area contributed by atoms with Crippen molar-refractivity contribution in [2.24, 2.45) is 0 Å². The zero-order valence-corrected chi connectivity index (χ0v) is 32.2. The topological polar surface area (TPSA) is 119 Å². The number of carbonyl (C=O) groups is 2. The molecule has 0 aromatic rings. The van der Waals surface area contributed by atoms with Crippen molar-refractivity contribution in [2.75, 3.05) is 26.3 Å². The highest BCUT2D eigenvalue weighted by Crippen LogP contribution is 2.15. The average molecular weight is 685 g/mol. The monoisotopic (exact) mass is 685 g/mol. The molecule has 0 aromatic heterocycles. The minimum Gasteiger partial charge on any atom is -0.394 e. The number of hydrogen-bond donors (Lipinski definition) is 5. The van der Waals surface area contributed by atoms with Gasteiger partial charge >= 0.3 is 0 Å². The Balaban J connectivity index is 0. The summed E-state index contributed by atoms with van der Waals surface area (Å²) in [5.74, 6) is 0.253. The van der Waals surface area contributed by atoms with Crippen LogP contribution >= 0.6 is 0 Å². The van der Waals surface area contributed by atoms with Gasteiger partial charge in [-0.2, -0.15) is 0 Å². The van der Waals surface area contributed by atoms with Gasteiger partial charge < -0.3 is 26.0 Å². The third kappa shape index (κ3) is 44.8. The third-order valence-electron chi connectivity index (χ3n) is 9.21. The Morgan fingerprint density at radius 1 is 0.396 bits per heavy atom. The lowest BCUT2D eigenvalue weighted by atomic mass is 10.0. The maximum atomic E-state index is 12.0. The molecule has 0 saturated carbocycles. The van der Waals surface area contributed by atoms with Gasteiger partial charge in [0, 0.05) is 25.9 Å². The van der Waals surface area contributed by atoms with Gasteiger partial charge in [0.15, 0.2) is 0 Å². The van der Waals surface area contributed by atoms with Gasteiger partial charge in [-0.05, 0) is 12.8 Å². The smallest absolute Gasteiger partial charge is 0.220 e. The predicted molar refractivity (Wildman–Crippen MR) is 205 cm³/mol. The van der Waals surface area contributed by atoms with E-state index in [1.807, 2.05) is 0 Å². The molecule has 0 radical (unpaired) electrons. The molecule has 0 heterocycles. The lowest BCUT2D eigenvalue weighted by Gasteiger charge is -2.07. The highest BCUT2D eigenvalue weighted by Gasteiger charge is 2.03. The van der Waals surface area contributed by atoms with Crippen LogP contribution in [0.2, 0.25) is 0 Å². The first-order chi connectivity index (χ1) is 23.5. The fourth-order valence-corrected chi connectivity index (χ4v) is 5.95. The number of carbonyl (C=O) groups excluding carboxylic acids is 2. The molecule has 0 aromatic carbocycles. The minimum absolute atomic E-state index is 0.126. The molecule has 5 N–H and O–H groups in total. The van der Waals surface area contributed by atoms with Crippen LogP contribution in [0.3, 0.4) is 0 Å². The van der Waals surface area contributed by atoms with Gasteiger partial charge in [-0.3, -0.25) is 9.59 Å². The summed E-state index contributed by atoms with van der Waals surface area (Å²) in [6, 6.07) is 0. The van der Waals surface area contributed by atoms with Crippen LogP contribution in [0.15, 0.2) is 0 Å². The molecule has 7 heteroatoms. The van der Waals surface area contributed by atoms with E-state index in [-0.39, 0.29) is 25.0 Å². The lowest BCUT2D eigenvalue weighted by Crippen LogP contribution is -2.34. The molecule has 0 bridgehead atoms. The van der Waals surface area contributed by atoms with Gasteiger partial charge in [0.25, 0.3) is 0 Å². The molecule has 2 amide bonds. The fourth-order valence-electron chi connectivity index (χ4n) is 5.95. The van der Waals surface area contributed by atoms with E-state index in [0.29, 0.717) is 25.9 Å². The van der Waals surface area contributed by atoms with Gasteiger partial charge in [-0.15, -0.1) is 0 Å². The highest BCUT2D eigenvalue weighted by molar-refractivity contribution is 5.77. The Morgan fingerprint density at radius 3 is 0.792 bits per heavy atom. The first-order valence-corrected chi connectivity index (χ1v) is 20.9. The van der Waals surface area contributed by atoms with Crippen molar-refractivity contribution in [3.8, 4) is 0 Å². The molecule has 7 nitrogen and oxygen atoms in total. The summed E-state index contributed by atoms with van der Waals surface area (Å²) in [7, 11) is 0. The molecular weight excluding hydrogens is 600 g/mol. The molecule has 0 unspecified atom stereocenters. The number of amides is 2. The molecule has 288 valence electrons. The van der Waals surface area contributed by atoms with E-state index in [1.165, 1.54) is 167 Å². The number of nitrogens with one attached hydrogen (secondary N) is 2. The number of rotatable bonds is 37. The Labute approximate surface area is 298 Å². The molecule has 0 fully saturated rings. The maximum absolute atomic E-state index is 12.0. The standard InChI is InChI=1S/C38H76N2O2.C3H8O3/c1-3-5-7-9-11-13-15-17-19-21-23-25-27-29-31-33-37(41)39-35-36-40-38(42)34-32-30-28-26-24-22-20-18-16-14-12-10-8-6-4-2;4-1-3(6)2-5/h3-36H2,1-2H3,(H,39,41)(H,40,42);3-6H,1-2H2. The molecule has 48 heavy (non-hydrogen) atoms. The zero-order valence-electron chi connectivity index (χ0n) is 32.2. The SMILES string of the molecule is CCCCCCCCCCCCCCCCCC(=O)NCCNC(=O)CCCCCCCCCCCCCCCCC.OCC(O)CO. The maximum Gasteiger partial charge on any atom is 0.220 e. The number of aliphatic hydroxyl groups is 3. The van der Waals surface area contributed by atoms with Gasteiger partial charge in [0.1, 0.15) is 6.10 Å². The van der Waals surface area contributed by atoms with Crippen LogP contribution in [-0.4, -0.2) is 59.5 Å². The first-order valence-electron chi connectivity index (χ1n) is 20.9. The van der Waals surface area contributed by atoms with Crippen molar-refractivity contribution in [2.45, 2.75) is 225 Å². The highest BCUT2D eigenvalue weighted by atomic mass is 16.3. The van der Waals surface area contributed by atoms with E-state index < -0.39 is 6.10 Å². The summed E-state index contributed by atoms with van der Waals surface area (Å²) in [6.07, 6.45) is 40.5. The van der Waals surface area contributed by atoms with Crippen LogP contribution in [0, 0.1) is 0 Å². The van der Waals surface area contributed by atoms with Crippen molar-refractivity contribution in [1.82, 2.24) is 10.6 Å². The lowest BCUT2D eigenvalue weighted by molar-refractivity contribution is -0.123. The second-order valence-electron chi connectivity index (χ2n) is 14.1. The van der Waals surface area contributed by atoms with Crippen molar-refractivity contribution in [3.63, 3.8) is 0 Å². The van der Waals surface area contributed by atoms with Gasteiger partial charge in [-0.25, -0.2) is 0 Å². The van der Waals surface area contributed by atoms with Crippen molar-refractivity contribution >= 4 is 11.8 Å². The van der Waals surface area contributed by atoms with Gasteiger partial charge in [0.05, 0.1) is 13.2 Å². The quantitative estimate of drug-likeness (QED) is 0.0417. The van der Waals surface area contributed by atoms with Crippen molar-refractivity contribution in [1.29, 1.82) is 0 Å². The summed E-state index contributed by atoms with van der Waals surface area (Å²) in [5.41, 5.74) is 0. The predicted octanol–water partition coefficient (Wildman–Crippen LogP) is 10.1. The van der Waals surface area contributed by atoms with Crippen LogP contribution in [0.25, 0.3) is 0 Å². The number of unbranched alkanes of at least 4 members (excludes halogenated alkanes) is 28. The molecule has 0 aliphatic heterocycles. The molecule has 0 aliphatic rings. The fraction of sp³-hybridized carbons (Fsp3) is 0.951. The number of hydrogen-bond acceptors (Lipinski definition) is 5.